The van der Waals surface area contributed by atoms with Crippen molar-refractivity contribution in [2.75, 3.05) is 38.6 Å². The molecular weight excluding hydrogens is 1280 g/mol. The minimum atomic E-state index is -1.38. The highest BCUT2D eigenvalue weighted by molar-refractivity contribution is 8.00. The van der Waals surface area contributed by atoms with Gasteiger partial charge < -0.3 is 75.1 Å². The highest BCUT2D eigenvalue weighted by Gasteiger charge is 2.54. The molecule has 8 aromatic rings. The number of ether oxygens (including phenoxy) is 2. The number of β-lactam (4-membered cyclic amide) rings is 1. The van der Waals surface area contributed by atoms with Gasteiger partial charge in [-0.15, -0.1) is 11.8 Å². The summed E-state index contributed by atoms with van der Waals surface area (Å²) in [6.45, 7) is 7.39. The summed E-state index contributed by atoms with van der Waals surface area (Å²) >= 11 is 1.39. The molecule has 0 saturated carbocycles. The van der Waals surface area contributed by atoms with E-state index in [1.165, 1.54) is 77.3 Å². The standard InChI is InChI=1S/C32H39NO4.C23H16O11.C18H19N3O5S/c1-31(2,30(35)36)25-17-15-24(16-18-25)29(34)14-9-21-33-22-19-28(20-23-33)32(37,26-10-5-3-6-11-26)27-12-7-4-8-13-27;24-11(9-31-12-4-5-16-13(6-12)14(25)7-19(33-16)22(27)28)10-32-17-2-1-3-18-21(17)15(26)8-20(34-18)23(29)30;1-2-3-10-8-27-17-13(16(24)21(17)14(10)18(25)26)20-15(23)12(19)9-4-6-11(22)7-5-9/h3-8,10-13,15-18,28-29,34,37H,9,14,19-23H2,1-2H3,(H,35,36);1-8,11,24H,9-10H2,(H,27,28)(H,29,30);2-7,12-13,17,22H,8,19H2,1H3,(H,20,23)(H,25,26)/b;;3-2+/t;11-;12-,13-,17-/m.11/s1. The third kappa shape index (κ3) is 16.5. The SMILES string of the molecule is C/C=C/C1=C(C(=O)O)N2C(=O)[C@@H](NC(=O)[C@H](N)c3ccc(O)cc3)[C@H]2SC1.CC(C)(C(=O)O)c1ccc(C(O)CCCN2CCC(C(O)(c3ccccc3)c3ccccc3)CC2)cc1.O=C(O)c1cc(=O)c2cc(OC[C@@H](O)COc3cccc4oc(C(=O)O)cc(=O)c34)ccc2o1. The molecule has 2 saturated heterocycles. The molecule has 2 aromatic heterocycles. The number of aliphatic hydroxyl groups is 3. The quantitative estimate of drug-likeness (QED) is 0.0269. The van der Waals surface area contributed by atoms with Gasteiger partial charge >= 0.3 is 23.9 Å². The maximum absolute atomic E-state index is 12.5. The molecule has 1 unspecified atom stereocenters. The summed E-state index contributed by atoms with van der Waals surface area (Å²) in [6, 6.07) is 41.6. The van der Waals surface area contributed by atoms with Crippen molar-refractivity contribution in [3.05, 3.63) is 241 Å². The molecule has 25 heteroatoms. The van der Waals surface area contributed by atoms with E-state index in [1.54, 1.807) is 45.1 Å². The number of nitrogens with two attached hydrogens (primary N) is 1. The Balaban J connectivity index is 0.000000174. The molecule has 3 aliphatic heterocycles. The lowest BCUT2D eigenvalue weighted by Gasteiger charge is -2.49. The van der Waals surface area contributed by atoms with E-state index in [0.29, 0.717) is 23.3 Å². The minimum Gasteiger partial charge on any atom is -0.508 e. The predicted octanol–water partition coefficient (Wildman–Crippen LogP) is 8.33. The Morgan fingerprint density at radius 1 is 0.704 bits per heavy atom. The molecule has 24 nitrogen and oxygen atoms in total. The number of nitrogens with zero attached hydrogens (tertiary/aromatic N) is 2. The number of carboxylic acids is 4. The van der Waals surface area contributed by atoms with E-state index in [1.807, 2.05) is 72.8 Å². The van der Waals surface area contributed by atoms with Crippen LogP contribution in [0.4, 0.5) is 0 Å². The zero-order chi connectivity index (χ0) is 70.6. The van der Waals surface area contributed by atoms with Crippen molar-refractivity contribution in [2.45, 2.75) is 87.1 Å². The summed E-state index contributed by atoms with van der Waals surface area (Å²) in [5, 5.41) is 81.4. The van der Waals surface area contributed by atoms with E-state index < -0.39 is 98.8 Å². The topological polar surface area (TPSA) is 388 Å². The van der Waals surface area contributed by atoms with Crippen molar-refractivity contribution in [3.8, 4) is 17.2 Å². The number of piperidine rings is 1. The molecule has 0 aliphatic carbocycles. The first-order valence-corrected chi connectivity index (χ1v) is 32.4. The van der Waals surface area contributed by atoms with Crippen molar-refractivity contribution >= 4 is 69.4 Å². The predicted molar refractivity (Wildman–Crippen MR) is 362 cm³/mol. The van der Waals surface area contributed by atoms with Crippen LogP contribution in [0.2, 0.25) is 0 Å². The third-order valence-electron chi connectivity index (χ3n) is 17.2. The number of nitrogens with one attached hydrogen (secondary N) is 1. The van der Waals surface area contributed by atoms with Gasteiger partial charge in [-0.25, -0.2) is 14.4 Å². The van der Waals surface area contributed by atoms with Gasteiger partial charge in [0.25, 0.3) is 5.91 Å². The van der Waals surface area contributed by atoms with Gasteiger partial charge in [-0.05, 0) is 148 Å². The van der Waals surface area contributed by atoms with Crippen LogP contribution in [0, 0.1) is 5.92 Å². The lowest BCUT2D eigenvalue weighted by molar-refractivity contribution is -0.150. The van der Waals surface area contributed by atoms with E-state index in [-0.39, 0.29) is 64.0 Å². The summed E-state index contributed by atoms with van der Waals surface area (Å²) in [4.78, 5) is 98.1. The molecule has 11 rings (SSSR count). The summed E-state index contributed by atoms with van der Waals surface area (Å²) in [5.41, 5.74) is 7.33. The first-order chi connectivity index (χ1) is 46.8. The number of carbonyl (C=O) groups is 6. The smallest absolute Gasteiger partial charge is 0.371 e. The molecule has 3 aliphatic rings. The molecule has 2 fully saturated rings. The average Bonchev–Trinajstić information content (AvgIpc) is 0.737. The first-order valence-electron chi connectivity index (χ1n) is 31.3. The number of aliphatic hydroxyl groups excluding tert-OH is 2. The Hall–Kier alpha value is -10.4. The number of rotatable bonds is 23. The van der Waals surface area contributed by atoms with E-state index in [2.05, 4.69) is 10.2 Å². The number of carboxylic acid groups (broad SMARTS) is 4. The molecule has 512 valence electrons. The van der Waals surface area contributed by atoms with Crippen molar-refractivity contribution in [1.29, 1.82) is 0 Å². The fourth-order valence-corrected chi connectivity index (χ4v) is 13.0. The molecule has 2 amide bonds. The second-order valence-corrected chi connectivity index (χ2v) is 25.2. The van der Waals surface area contributed by atoms with Crippen LogP contribution in [0.3, 0.4) is 0 Å². The van der Waals surface area contributed by atoms with Crippen molar-refractivity contribution in [1.82, 2.24) is 15.1 Å². The average molecular weight is 1360 g/mol. The van der Waals surface area contributed by atoms with Crippen molar-refractivity contribution in [3.63, 3.8) is 0 Å². The number of carbonyl (C=O) groups excluding carboxylic acids is 2. The zero-order valence-electron chi connectivity index (χ0n) is 53.6. The van der Waals surface area contributed by atoms with Gasteiger partial charge in [0.05, 0.1) is 16.9 Å². The van der Waals surface area contributed by atoms with Crippen LogP contribution >= 0.6 is 11.8 Å². The summed E-state index contributed by atoms with van der Waals surface area (Å²) < 4.78 is 21.3. The Morgan fingerprint density at radius 3 is 1.89 bits per heavy atom. The number of fused-ring (bicyclic) bond motifs is 3. The maximum Gasteiger partial charge on any atom is 0.371 e. The lowest BCUT2D eigenvalue weighted by atomic mass is 9.72. The van der Waals surface area contributed by atoms with Crippen LogP contribution in [0.25, 0.3) is 21.9 Å². The molecule has 6 aromatic carbocycles. The Kier molecular flexibility index (Phi) is 23.2. The molecule has 0 bridgehead atoms. The lowest BCUT2D eigenvalue weighted by Crippen LogP contribution is -2.71. The summed E-state index contributed by atoms with van der Waals surface area (Å²) in [7, 11) is 0. The van der Waals surface area contributed by atoms with Crippen LogP contribution in [0.1, 0.15) is 108 Å². The fourth-order valence-electron chi connectivity index (χ4n) is 11.7. The largest absolute Gasteiger partial charge is 0.508 e. The highest BCUT2D eigenvalue weighted by atomic mass is 32.2. The van der Waals surface area contributed by atoms with Gasteiger partial charge in [0, 0.05) is 17.9 Å². The van der Waals surface area contributed by atoms with Gasteiger partial charge in [-0.3, -0.25) is 28.9 Å². The van der Waals surface area contributed by atoms with E-state index in [4.69, 9.17) is 34.3 Å². The van der Waals surface area contributed by atoms with Gasteiger partial charge in [0.2, 0.25) is 17.4 Å². The van der Waals surface area contributed by atoms with Crippen molar-refractivity contribution in [2.24, 2.45) is 11.7 Å². The third-order valence-corrected chi connectivity index (χ3v) is 18.5. The first kappa shape index (κ1) is 71.9. The van der Waals surface area contributed by atoms with Crippen LogP contribution < -0.4 is 31.4 Å². The number of aromatic carboxylic acids is 2. The molecule has 11 N–H and O–H groups in total. The number of hydrogen-bond donors (Lipinski definition) is 10. The molecular formula is C73H74N4O20S. The van der Waals surface area contributed by atoms with Gasteiger partial charge in [-0.1, -0.05) is 115 Å². The number of likely N-dealkylation sites (tertiary alicyclic amines) is 1. The maximum atomic E-state index is 12.5. The fraction of sp³-hybridized carbons (Fsp3) is 0.288. The zero-order valence-corrected chi connectivity index (χ0v) is 54.4. The van der Waals surface area contributed by atoms with E-state index in [9.17, 15) is 69.0 Å². The minimum absolute atomic E-state index is 0.0224. The van der Waals surface area contributed by atoms with Gasteiger partial charge in [-0.2, -0.15) is 0 Å². The van der Waals surface area contributed by atoms with Crippen LogP contribution in [0.15, 0.2) is 200 Å². The van der Waals surface area contributed by atoms with Crippen LogP contribution in [-0.4, -0.2) is 142 Å². The number of phenolic OH excluding ortho intramolecular Hbond substituents is 1. The number of allylic oxidation sites excluding steroid dienone is 2. The number of aliphatic carboxylic acids is 2. The molecule has 5 heterocycles. The second-order valence-electron chi connectivity index (χ2n) is 24.1. The van der Waals surface area contributed by atoms with Gasteiger partial charge in [0.1, 0.15) is 81.9 Å². The Morgan fingerprint density at radius 2 is 1.30 bits per heavy atom. The Bertz CT molecular complexity index is 4360. The molecule has 0 radical (unpaired) electrons. The number of aromatic hydroxyl groups is 1. The van der Waals surface area contributed by atoms with E-state index in [0.717, 1.165) is 73.3 Å². The van der Waals surface area contributed by atoms with Crippen molar-refractivity contribution < 1.29 is 87.9 Å². The summed E-state index contributed by atoms with van der Waals surface area (Å²) in [5.74, 6) is -5.86. The van der Waals surface area contributed by atoms with Gasteiger partial charge in [0.15, 0.2) is 10.9 Å². The normalized spacial score (nSPS) is 16.7. The van der Waals surface area contributed by atoms with E-state index >= 15 is 0 Å². The number of benzene rings is 6. The van der Waals surface area contributed by atoms with Crippen LogP contribution in [-0.2, 0) is 30.2 Å². The second kappa shape index (κ2) is 31.6. The number of amides is 2. The molecule has 98 heavy (non-hydrogen) atoms. The number of hydrogen-bond acceptors (Lipinski definition) is 19. The number of thioether (sulfide) groups is 1. The number of phenols is 1. The van der Waals surface area contributed by atoms with Crippen LogP contribution in [0.5, 0.6) is 17.2 Å². The Labute approximate surface area is 565 Å². The molecule has 0 spiro atoms. The summed E-state index contributed by atoms with van der Waals surface area (Å²) in [6.07, 6.45) is 5.03. The monoisotopic (exact) mass is 1360 g/mol. The molecule has 5 atom stereocenters. The highest BCUT2D eigenvalue weighted by Crippen LogP contribution is 2.43.